The van der Waals surface area contributed by atoms with Crippen molar-refractivity contribution in [1.29, 1.82) is 0 Å². The molecule has 0 rings (SSSR count). The minimum Gasteiger partial charge on any atom is -0.480 e. The zero-order valence-corrected chi connectivity index (χ0v) is 6.00. The SMILES string of the molecule is CC(CO)CNCC(=O)O. The summed E-state index contributed by atoms with van der Waals surface area (Å²) in [6, 6.07) is 0. The Hall–Kier alpha value is -0.610. The maximum Gasteiger partial charge on any atom is 0.317 e. The first-order valence-electron chi connectivity index (χ1n) is 3.20. The topological polar surface area (TPSA) is 69.6 Å². The second-order valence-corrected chi connectivity index (χ2v) is 2.31. The molecule has 0 aromatic heterocycles. The van der Waals surface area contributed by atoms with Crippen LogP contribution in [0.25, 0.3) is 0 Å². The predicted molar refractivity (Wildman–Crippen MR) is 36.8 cm³/mol. The van der Waals surface area contributed by atoms with Gasteiger partial charge in [0.15, 0.2) is 0 Å². The normalized spacial score (nSPS) is 13.0. The molecule has 0 aliphatic carbocycles. The summed E-state index contributed by atoms with van der Waals surface area (Å²) in [4.78, 5) is 9.94. The van der Waals surface area contributed by atoms with Crippen molar-refractivity contribution in [3.8, 4) is 0 Å². The van der Waals surface area contributed by atoms with Crippen LogP contribution in [0.3, 0.4) is 0 Å². The zero-order chi connectivity index (χ0) is 7.98. The van der Waals surface area contributed by atoms with E-state index in [1.165, 1.54) is 0 Å². The maximum absolute atomic E-state index is 9.94. The molecule has 0 amide bonds. The highest BCUT2D eigenvalue weighted by atomic mass is 16.4. The quantitative estimate of drug-likeness (QED) is 0.480. The van der Waals surface area contributed by atoms with Crippen molar-refractivity contribution in [2.45, 2.75) is 6.92 Å². The number of aliphatic carboxylic acids is 1. The maximum atomic E-state index is 9.94. The van der Waals surface area contributed by atoms with Gasteiger partial charge in [0.05, 0.1) is 6.54 Å². The largest absolute Gasteiger partial charge is 0.480 e. The zero-order valence-electron chi connectivity index (χ0n) is 6.00. The summed E-state index contributed by atoms with van der Waals surface area (Å²) < 4.78 is 0. The molecule has 4 heteroatoms. The van der Waals surface area contributed by atoms with Gasteiger partial charge in [0.2, 0.25) is 0 Å². The van der Waals surface area contributed by atoms with Gasteiger partial charge in [0.1, 0.15) is 0 Å². The number of aliphatic hydroxyl groups excluding tert-OH is 1. The molecule has 3 N–H and O–H groups in total. The lowest BCUT2D eigenvalue weighted by Gasteiger charge is -2.06. The van der Waals surface area contributed by atoms with Crippen molar-refractivity contribution in [2.75, 3.05) is 19.7 Å². The summed E-state index contributed by atoms with van der Waals surface area (Å²) in [5.74, 6) is -0.746. The molecule has 0 aliphatic heterocycles. The van der Waals surface area contributed by atoms with Crippen LogP contribution < -0.4 is 5.32 Å². The lowest BCUT2D eigenvalue weighted by atomic mass is 10.2. The third kappa shape index (κ3) is 5.53. The van der Waals surface area contributed by atoms with Crippen molar-refractivity contribution in [3.63, 3.8) is 0 Å². The highest BCUT2D eigenvalue weighted by Gasteiger charge is 1.99. The number of carboxylic acids is 1. The van der Waals surface area contributed by atoms with Crippen molar-refractivity contribution >= 4 is 5.97 Å². The first kappa shape index (κ1) is 9.39. The second kappa shape index (κ2) is 5.20. The van der Waals surface area contributed by atoms with Gasteiger partial charge < -0.3 is 15.5 Å². The standard InChI is InChI=1S/C6H13NO3/c1-5(4-8)2-7-3-6(9)10/h5,7-8H,2-4H2,1H3,(H,9,10). The van der Waals surface area contributed by atoms with Crippen molar-refractivity contribution < 1.29 is 15.0 Å². The molecule has 1 atom stereocenters. The molecule has 0 heterocycles. The first-order chi connectivity index (χ1) is 4.66. The van der Waals surface area contributed by atoms with E-state index in [2.05, 4.69) is 5.32 Å². The van der Waals surface area contributed by atoms with E-state index in [9.17, 15) is 4.79 Å². The average Bonchev–Trinajstić information content (AvgIpc) is 1.87. The van der Waals surface area contributed by atoms with E-state index < -0.39 is 5.97 Å². The smallest absolute Gasteiger partial charge is 0.317 e. The molecule has 0 bridgehead atoms. The molecule has 0 saturated carbocycles. The van der Waals surface area contributed by atoms with Crippen LogP contribution in [0.5, 0.6) is 0 Å². The Bertz CT molecular complexity index is 105. The average molecular weight is 147 g/mol. The van der Waals surface area contributed by atoms with Gasteiger partial charge in [-0.2, -0.15) is 0 Å². The Morgan fingerprint density at radius 1 is 1.70 bits per heavy atom. The predicted octanol–water partition coefficient (Wildman–Crippen LogP) is -0.711. The van der Waals surface area contributed by atoms with Gasteiger partial charge in [-0.25, -0.2) is 0 Å². The van der Waals surface area contributed by atoms with E-state index in [1.807, 2.05) is 6.92 Å². The van der Waals surface area contributed by atoms with Crippen LogP contribution >= 0.6 is 0 Å². The summed E-state index contributed by atoms with van der Waals surface area (Å²) in [7, 11) is 0. The van der Waals surface area contributed by atoms with Crippen LogP contribution in [-0.2, 0) is 4.79 Å². The van der Waals surface area contributed by atoms with E-state index in [0.29, 0.717) is 6.54 Å². The van der Waals surface area contributed by atoms with E-state index in [1.54, 1.807) is 0 Å². The van der Waals surface area contributed by atoms with Gasteiger partial charge in [-0.05, 0) is 5.92 Å². The third-order valence-electron chi connectivity index (χ3n) is 1.08. The lowest BCUT2D eigenvalue weighted by Crippen LogP contribution is -2.28. The number of carboxylic acid groups (broad SMARTS) is 1. The highest BCUT2D eigenvalue weighted by Crippen LogP contribution is 1.87. The van der Waals surface area contributed by atoms with Crippen molar-refractivity contribution in [1.82, 2.24) is 5.32 Å². The summed E-state index contributed by atoms with van der Waals surface area (Å²) >= 11 is 0. The van der Waals surface area contributed by atoms with Gasteiger partial charge in [-0.15, -0.1) is 0 Å². The fourth-order valence-corrected chi connectivity index (χ4v) is 0.490. The molecule has 60 valence electrons. The van der Waals surface area contributed by atoms with E-state index in [0.717, 1.165) is 0 Å². The lowest BCUT2D eigenvalue weighted by molar-refractivity contribution is -0.136. The molecule has 0 aromatic carbocycles. The van der Waals surface area contributed by atoms with E-state index in [-0.39, 0.29) is 19.1 Å². The number of carbonyl (C=O) groups is 1. The van der Waals surface area contributed by atoms with Crippen LogP contribution in [-0.4, -0.2) is 35.9 Å². The Labute approximate surface area is 59.9 Å². The summed E-state index contributed by atoms with van der Waals surface area (Å²) in [5.41, 5.74) is 0. The first-order valence-corrected chi connectivity index (χ1v) is 3.20. The second-order valence-electron chi connectivity index (χ2n) is 2.31. The molecule has 0 fully saturated rings. The van der Waals surface area contributed by atoms with Crippen LogP contribution in [0.1, 0.15) is 6.92 Å². The number of rotatable bonds is 5. The molecule has 0 radical (unpaired) electrons. The van der Waals surface area contributed by atoms with E-state index >= 15 is 0 Å². The molecule has 10 heavy (non-hydrogen) atoms. The fourth-order valence-electron chi connectivity index (χ4n) is 0.490. The molecule has 0 aromatic rings. The van der Waals surface area contributed by atoms with Crippen molar-refractivity contribution in [2.24, 2.45) is 5.92 Å². The Balaban J connectivity index is 3.11. The summed E-state index contributed by atoms with van der Waals surface area (Å²) in [6.45, 7) is 2.44. The van der Waals surface area contributed by atoms with Crippen molar-refractivity contribution in [3.05, 3.63) is 0 Å². The monoisotopic (exact) mass is 147 g/mol. The molecular formula is C6H13NO3. The molecule has 0 aliphatic rings. The molecule has 1 unspecified atom stereocenters. The molecule has 0 spiro atoms. The van der Waals surface area contributed by atoms with Crippen LogP contribution in [0.2, 0.25) is 0 Å². The summed E-state index contributed by atoms with van der Waals surface area (Å²) in [6.07, 6.45) is 0. The molecule has 4 nitrogen and oxygen atoms in total. The number of hydrogen-bond donors (Lipinski definition) is 3. The Morgan fingerprint density at radius 2 is 2.30 bits per heavy atom. The Morgan fingerprint density at radius 3 is 2.70 bits per heavy atom. The van der Waals surface area contributed by atoms with Gasteiger partial charge in [-0.3, -0.25) is 4.79 Å². The number of hydrogen-bond acceptors (Lipinski definition) is 3. The molecule has 0 saturated heterocycles. The Kier molecular flexibility index (Phi) is 4.88. The number of aliphatic hydroxyl groups is 1. The minimum absolute atomic E-state index is 0.0374. The van der Waals surface area contributed by atoms with E-state index in [4.69, 9.17) is 10.2 Å². The van der Waals surface area contributed by atoms with Crippen LogP contribution in [0.4, 0.5) is 0 Å². The fraction of sp³-hybridized carbons (Fsp3) is 0.833. The van der Waals surface area contributed by atoms with Gasteiger partial charge >= 0.3 is 5.97 Å². The molecular weight excluding hydrogens is 134 g/mol. The number of nitrogens with one attached hydrogen (secondary N) is 1. The van der Waals surface area contributed by atoms with Crippen LogP contribution in [0, 0.1) is 5.92 Å². The van der Waals surface area contributed by atoms with Gasteiger partial charge in [-0.1, -0.05) is 6.92 Å². The van der Waals surface area contributed by atoms with Gasteiger partial charge in [0, 0.05) is 13.2 Å². The highest BCUT2D eigenvalue weighted by molar-refractivity contribution is 5.68. The van der Waals surface area contributed by atoms with Gasteiger partial charge in [0.25, 0.3) is 0 Å². The summed E-state index contributed by atoms with van der Waals surface area (Å²) in [5, 5.41) is 19.4. The minimum atomic E-state index is -0.870. The third-order valence-corrected chi connectivity index (χ3v) is 1.08. The van der Waals surface area contributed by atoms with Crippen LogP contribution in [0.15, 0.2) is 0 Å².